The average molecular weight is 311 g/mol. The molecule has 4 nitrogen and oxygen atoms in total. The monoisotopic (exact) mass is 311 g/mol. The molecule has 120 valence electrons. The second-order valence-corrected chi connectivity index (χ2v) is 7.51. The SMILES string of the molecule is CC1(C)OB(c2ccc3nc(OC4CC4)ccc3c2)OC1(C)C. The standard InChI is InChI=1S/C18H22BNO3/c1-17(2)18(3,4)23-19(22-17)13-6-9-15-12(11-13)5-10-16(20-15)21-14-7-8-14/h5-6,9-11,14H,7-8H2,1-4H3. The van der Waals surface area contributed by atoms with Crippen LogP contribution in [0.2, 0.25) is 0 Å². The van der Waals surface area contributed by atoms with Crippen molar-refractivity contribution in [3.05, 3.63) is 30.3 Å². The van der Waals surface area contributed by atoms with Crippen LogP contribution in [-0.2, 0) is 9.31 Å². The van der Waals surface area contributed by atoms with Crippen LogP contribution in [-0.4, -0.2) is 29.4 Å². The Morgan fingerprint density at radius 2 is 1.74 bits per heavy atom. The topological polar surface area (TPSA) is 40.6 Å². The number of rotatable bonds is 3. The van der Waals surface area contributed by atoms with Crippen LogP contribution in [0.4, 0.5) is 0 Å². The summed E-state index contributed by atoms with van der Waals surface area (Å²) in [6.45, 7) is 8.27. The van der Waals surface area contributed by atoms with E-state index in [0.717, 1.165) is 29.2 Å². The summed E-state index contributed by atoms with van der Waals surface area (Å²) < 4.78 is 18.0. The van der Waals surface area contributed by atoms with E-state index in [1.54, 1.807) is 0 Å². The van der Waals surface area contributed by atoms with E-state index in [1.807, 2.05) is 18.2 Å². The summed E-state index contributed by atoms with van der Waals surface area (Å²) in [6, 6.07) is 10.1. The van der Waals surface area contributed by atoms with Crippen molar-refractivity contribution in [2.75, 3.05) is 0 Å². The maximum atomic E-state index is 6.12. The van der Waals surface area contributed by atoms with E-state index < -0.39 is 0 Å². The van der Waals surface area contributed by atoms with Gasteiger partial charge in [0, 0.05) is 11.5 Å². The molecule has 0 bridgehead atoms. The molecule has 5 heteroatoms. The van der Waals surface area contributed by atoms with Crippen LogP contribution < -0.4 is 10.2 Å². The lowest BCUT2D eigenvalue weighted by Crippen LogP contribution is -2.41. The van der Waals surface area contributed by atoms with Crippen molar-refractivity contribution >= 4 is 23.5 Å². The minimum absolute atomic E-state index is 0.327. The van der Waals surface area contributed by atoms with Gasteiger partial charge in [0.25, 0.3) is 0 Å². The predicted molar refractivity (Wildman–Crippen MR) is 91.1 cm³/mol. The van der Waals surface area contributed by atoms with Crippen molar-refractivity contribution in [1.29, 1.82) is 0 Å². The van der Waals surface area contributed by atoms with E-state index in [4.69, 9.17) is 14.0 Å². The van der Waals surface area contributed by atoms with Crippen molar-refractivity contribution in [3.63, 3.8) is 0 Å². The average Bonchev–Trinajstić information content (AvgIpc) is 3.25. The first-order chi connectivity index (χ1) is 10.8. The summed E-state index contributed by atoms with van der Waals surface area (Å²) in [5.41, 5.74) is 1.30. The third-order valence-electron chi connectivity index (χ3n) is 5.02. The van der Waals surface area contributed by atoms with Gasteiger partial charge in [-0.15, -0.1) is 0 Å². The number of ether oxygens (including phenoxy) is 1. The van der Waals surface area contributed by atoms with Crippen molar-refractivity contribution in [3.8, 4) is 5.88 Å². The summed E-state index contributed by atoms with van der Waals surface area (Å²) >= 11 is 0. The highest BCUT2D eigenvalue weighted by molar-refractivity contribution is 6.62. The Hall–Kier alpha value is -1.59. The summed E-state index contributed by atoms with van der Waals surface area (Å²) in [5.74, 6) is 0.711. The molecule has 1 aliphatic carbocycles. The Labute approximate surface area is 137 Å². The smallest absolute Gasteiger partial charge is 0.474 e. The van der Waals surface area contributed by atoms with Crippen LogP contribution in [0.1, 0.15) is 40.5 Å². The Kier molecular flexibility index (Phi) is 3.22. The van der Waals surface area contributed by atoms with E-state index >= 15 is 0 Å². The van der Waals surface area contributed by atoms with Crippen LogP contribution in [0.3, 0.4) is 0 Å². The second-order valence-electron chi connectivity index (χ2n) is 7.51. The highest BCUT2D eigenvalue weighted by Crippen LogP contribution is 2.36. The molecule has 0 unspecified atom stereocenters. The molecule has 1 saturated heterocycles. The van der Waals surface area contributed by atoms with Gasteiger partial charge in [0.15, 0.2) is 0 Å². The fourth-order valence-corrected chi connectivity index (χ4v) is 2.67. The summed E-state index contributed by atoms with van der Waals surface area (Å²) in [6.07, 6.45) is 2.64. The van der Waals surface area contributed by atoms with Crippen LogP contribution in [0.25, 0.3) is 10.9 Å². The molecule has 1 aromatic heterocycles. The molecule has 4 rings (SSSR count). The molecule has 1 aromatic carbocycles. The van der Waals surface area contributed by atoms with Gasteiger partial charge in [-0.2, -0.15) is 0 Å². The molecule has 1 saturated carbocycles. The first-order valence-corrected chi connectivity index (χ1v) is 8.27. The molecule has 2 heterocycles. The van der Waals surface area contributed by atoms with Gasteiger partial charge in [0.05, 0.1) is 16.7 Å². The maximum absolute atomic E-state index is 6.12. The molecule has 2 aromatic rings. The molecule has 0 spiro atoms. The first-order valence-electron chi connectivity index (χ1n) is 8.27. The third-order valence-corrected chi connectivity index (χ3v) is 5.02. The first kappa shape index (κ1) is 15.0. The fraction of sp³-hybridized carbons (Fsp3) is 0.500. The fourth-order valence-electron chi connectivity index (χ4n) is 2.67. The Balaban J connectivity index is 1.62. The van der Waals surface area contributed by atoms with E-state index in [0.29, 0.717) is 12.0 Å². The maximum Gasteiger partial charge on any atom is 0.494 e. The van der Waals surface area contributed by atoms with Crippen molar-refractivity contribution < 1.29 is 14.0 Å². The molecule has 2 aliphatic rings. The second kappa shape index (κ2) is 4.95. The van der Waals surface area contributed by atoms with Gasteiger partial charge in [-0.3, -0.25) is 0 Å². The Morgan fingerprint density at radius 1 is 1.04 bits per heavy atom. The molecule has 0 radical (unpaired) electrons. The van der Waals surface area contributed by atoms with Crippen LogP contribution >= 0.6 is 0 Å². The number of benzene rings is 1. The van der Waals surface area contributed by atoms with Crippen molar-refractivity contribution in [2.45, 2.75) is 57.8 Å². The zero-order valence-corrected chi connectivity index (χ0v) is 14.1. The highest BCUT2D eigenvalue weighted by Gasteiger charge is 2.51. The molecule has 0 amide bonds. The molecule has 0 atom stereocenters. The Morgan fingerprint density at radius 3 is 2.39 bits per heavy atom. The zero-order valence-electron chi connectivity index (χ0n) is 14.1. The normalized spacial score (nSPS) is 22.5. The number of hydrogen-bond donors (Lipinski definition) is 0. The van der Waals surface area contributed by atoms with Crippen LogP contribution in [0.5, 0.6) is 5.88 Å². The van der Waals surface area contributed by atoms with Gasteiger partial charge in [-0.05, 0) is 58.1 Å². The van der Waals surface area contributed by atoms with Crippen LogP contribution in [0.15, 0.2) is 30.3 Å². The van der Waals surface area contributed by atoms with Crippen molar-refractivity contribution in [1.82, 2.24) is 4.98 Å². The number of hydrogen-bond acceptors (Lipinski definition) is 4. The number of aromatic nitrogens is 1. The molecular formula is C18H22BNO3. The summed E-state index contributed by atoms with van der Waals surface area (Å²) in [4.78, 5) is 4.58. The third kappa shape index (κ3) is 2.72. The van der Waals surface area contributed by atoms with E-state index in [2.05, 4.69) is 44.8 Å². The van der Waals surface area contributed by atoms with E-state index in [1.165, 1.54) is 0 Å². The van der Waals surface area contributed by atoms with Gasteiger partial charge in [0.2, 0.25) is 5.88 Å². The predicted octanol–water partition coefficient (Wildman–Crippen LogP) is 3.08. The molecule has 23 heavy (non-hydrogen) atoms. The van der Waals surface area contributed by atoms with Gasteiger partial charge in [-0.1, -0.05) is 12.1 Å². The van der Waals surface area contributed by atoms with Crippen LogP contribution in [0, 0.1) is 0 Å². The van der Waals surface area contributed by atoms with Gasteiger partial charge in [-0.25, -0.2) is 4.98 Å². The molecule has 0 N–H and O–H groups in total. The number of pyridine rings is 1. The molecular weight excluding hydrogens is 289 g/mol. The molecule has 1 aliphatic heterocycles. The van der Waals surface area contributed by atoms with Gasteiger partial charge < -0.3 is 14.0 Å². The van der Waals surface area contributed by atoms with E-state index in [9.17, 15) is 0 Å². The lowest BCUT2D eigenvalue weighted by molar-refractivity contribution is 0.00578. The minimum Gasteiger partial charge on any atom is -0.474 e. The largest absolute Gasteiger partial charge is 0.494 e. The zero-order chi connectivity index (χ0) is 16.2. The minimum atomic E-state index is -0.341. The lowest BCUT2D eigenvalue weighted by Gasteiger charge is -2.32. The summed E-state index contributed by atoms with van der Waals surface area (Å²) in [7, 11) is -0.341. The number of fused-ring (bicyclic) bond motifs is 1. The quantitative estimate of drug-likeness (QED) is 0.817. The van der Waals surface area contributed by atoms with Crippen molar-refractivity contribution in [2.24, 2.45) is 0 Å². The van der Waals surface area contributed by atoms with Gasteiger partial charge in [0.1, 0.15) is 6.10 Å². The number of nitrogens with zero attached hydrogens (tertiary/aromatic N) is 1. The summed E-state index contributed by atoms with van der Waals surface area (Å²) in [5, 5.41) is 1.07. The van der Waals surface area contributed by atoms with Gasteiger partial charge >= 0.3 is 7.12 Å². The van der Waals surface area contributed by atoms with E-state index in [-0.39, 0.29) is 18.3 Å². The Bertz CT molecular complexity index is 739. The molecule has 2 fully saturated rings. The lowest BCUT2D eigenvalue weighted by atomic mass is 9.78. The highest BCUT2D eigenvalue weighted by atomic mass is 16.7.